The van der Waals surface area contributed by atoms with Gasteiger partial charge in [-0.15, -0.1) is 5.10 Å². The third-order valence-electron chi connectivity index (χ3n) is 12.1. The molecule has 12 nitrogen and oxygen atoms in total. The van der Waals surface area contributed by atoms with E-state index in [1.54, 1.807) is 4.90 Å². The molecule has 4 fully saturated rings. The minimum absolute atomic E-state index is 0.0168. The lowest BCUT2D eigenvalue weighted by Gasteiger charge is -2.59. The van der Waals surface area contributed by atoms with Gasteiger partial charge in [0, 0.05) is 55.8 Å². The lowest BCUT2D eigenvalue weighted by molar-refractivity contribution is -0.137. The van der Waals surface area contributed by atoms with E-state index >= 15 is 4.39 Å². The van der Waals surface area contributed by atoms with Crippen molar-refractivity contribution in [2.45, 2.75) is 83.2 Å². The zero-order valence-electron chi connectivity index (χ0n) is 31.0. The summed E-state index contributed by atoms with van der Waals surface area (Å²) in [5.41, 5.74) is 0.128. The van der Waals surface area contributed by atoms with Gasteiger partial charge in [0.15, 0.2) is 5.82 Å². The molecule has 0 saturated carbocycles. The molecule has 4 aliphatic heterocycles. The number of nitrogens with zero attached hydrogens (tertiary/aromatic N) is 9. The first-order chi connectivity index (χ1) is 26.5. The van der Waals surface area contributed by atoms with E-state index in [2.05, 4.69) is 20.1 Å². The molecule has 3 aromatic heterocycles. The van der Waals surface area contributed by atoms with E-state index in [1.807, 2.05) is 23.6 Å². The third kappa shape index (κ3) is 6.36. The summed E-state index contributed by atoms with van der Waals surface area (Å²) in [5, 5.41) is 4.05. The summed E-state index contributed by atoms with van der Waals surface area (Å²) in [5.74, 6) is -2.20. The van der Waals surface area contributed by atoms with E-state index in [9.17, 15) is 26.7 Å². The van der Waals surface area contributed by atoms with Crippen molar-refractivity contribution in [1.29, 1.82) is 0 Å². The molecule has 4 aliphatic rings. The number of aromatic nitrogens is 6. The number of ether oxygens (including phenoxy) is 1. The fourth-order valence-electron chi connectivity index (χ4n) is 9.87. The largest absolute Gasteiger partial charge is 0.461 e. The minimum atomic E-state index is -5.07. The number of amides is 1. The highest BCUT2D eigenvalue weighted by atomic mass is 35.5. The van der Waals surface area contributed by atoms with Gasteiger partial charge in [-0.1, -0.05) is 20.3 Å². The average molecular weight is 807 g/mol. The lowest BCUT2D eigenvalue weighted by Crippen LogP contribution is -2.71. The smallest absolute Gasteiger partial charge is 0.417 e. The van der Waals surface area contributed by atoms with Crippen molar-refractivity contribution in [1.82, 2.24) is 39.5 Å². The van der Waals surface area contributed by atoms with Gasteiger partial charge in [-0.3, -0.25) is 9.88 Å². The van der Waals surface area contributed by atoms with Crippen LogP contribution in [0, 0.1) is 29.9 Å². The van der Waals surface area contributed by atoms with Crippen molar-refractivity contribution < 1.29 is 35.9 Å². The summed E-state index contributed by atoms with van der Waals surface area (Å²) in [4.78, 5) is 36.6. The van der Waals surface area contributed by atoms with Gasteiger partial charge in [0.05, 0.1) is 22.2 Å². The summed E-state index contributed by atoms with van der Waals surface area (Å²) in [6.07, 6.45) is 0.453. The maximum Gasteiger partial charge on any atom is 0.417 e. The van der Waals surface area contributed by atoms with E-state index < -0.39 is 63.0 Å². The molecule has 0 aliphatic carbocycles. The maximum absolute atomic E-state index is 16.9. The Hall–Kier alpha value is -4.45. The van der Waals surface area contributed by atoms with Crippen molar-refractivity contribution in [3.63, 3.8) is 0 Å². The molecule has 4 saturated heterocycles. The molecule has 8 rings (SSSR count). The number of carbonyl (C=O) groups excluding carboxylic acids is 1. The second-order valence-corrected chi connectivity index (χ2v) is 16.3. The Morgan fingerprint density at radius 3 is 2.59 bits per heavy atom. The number of benzene rings is 1. The van der Waals surface area contributed by atoms with Crippen LogP contribution in [0.2, 0.25) is 5.28 Å². The Balaban J connectivity index is 1.23. The number of anilines is 2. The van der Waals surface area contributed by atoms with Crippen LogP contribution in [0.5, 0.6) is 6.01 Å². The van der Waals surface area contributed by atoms with Crippen molar-refractivity contribution in [3.8, 4) is 17.3 Å². The molecule has 4 atom stereocenters. The van der Waals surface area contributed by atoms with E-state index in [-0.39, 0.29) is 65.6 Å². The number of hydrogen-bond acceptors (Lipinski definition) is 10. The fraction of sp³-hybridized carbons (Fsp3) is 0.568. The minimum Gasteiger partial charge on any atom is -0.461 e. The Bertz CT molecular complexity index is 2200. The van der Waals surface area contributed by atoms with Crippen LogP contribution < -0.4 is 15.4 Å². The molecular formula is C37H41ClF6N10O2. The second-order valence-electron chi connectivity index (χ2n) is 16.0. The Morgan fingerprint density at radius 1 is 1.09 bits per heavy atom. The van der Waals surface area contributed by atoms with Gasteiger partial charge in [0.1, 0.15) is 42.0 Å². The Kier molecular flexibility index (Phi) is 9.53. The molecule has 300 valence electrons. The highest BCUT2D eigenvalue weighted by Gasteiger charge is 2.57. The number of nitrogens with two attached hydrogens (primary N) is 1. The molecule has 4 aromatic rings. The first-order valence-electron chi connectivity index (χ1n) is 18.7. The van der Waals surface area contributed by atoms with Crippen LogP contribution in [-0.2, 0) is 6.18 Å². The average Bonchev–Trinajstić information content (AvgIpc) is 3.76. The number of likely N-dealkylation sites (tertiary alicyclic amines) is 1. The summed E-state index contributed by atoms with van der Waals surface area (Å²) >= 11 is 5.91. The van der Waals surface area contributed by atoms with Crippen molar-refractivity contribution in [3.05, 3.63) is 46.6 Å². The molecule has 1 amide bonds. The van der Waals surface area contributed by atoms with Gasteiger partial charge in [-0.2, -0.15) is 27.8 Å². The van der Waals surface area contributed by atoms with E-state index in [4.69, 9.17) is 27.1 Å². The highest BCUT2D eigenvalue weighted by Crippen LogP contribution is 2.50. The van der Waals surface area contributed by atoms with Crippen LogP contribution in [0.4, 0.5) is 42.6 Å². The van der Waals surface area contributed by atoms with Gasteiger partial charge < -0.3 is 20.3 Å². The number of carbonyl (C=O) groups is 1. The molecule has 1 aromatic carbocycles. The normalized spacial score (nSPS) is 25.6. The first kappa shape index (κ1) is 38.4. The van der Waals surface area contributed by atoms with E-state index in [0.29, 0.717) is 39.0 Å². The van der Waals surface area contributed by atoms with Crippen LogP contribution in [0.3, 0.4) is 0 Å². The lowest BCUT2D eigenvalue weighted by atomic mass is 9.64. The van der Waals surface area contributed by atoms with Gasteiger partial charge >= 0.3 is 18.2 Å². The van der Waals surface area contributed by atoms with Gasteiger partial charge in [-0.25, -0.2) is 22.9 Å². The van der Waals surface area contributed by atoms with Gasteiger partial charge in [0.25, 0.3) is 0 Å². The molecule has 0 unspecified atom stereocenters. The Labute approximate surface area is 323 Å². The molecule has 56 heavy (non-hydrogen) atoms. The zero-order valence-corrected chi connectivity index (χ0v) is 31.8. The molecular weight excluding hydrogens is 766 g/mol. The SMILES string of the molecule is Cc1c(F)c(N)cc(-c2ncc3c(N4CCCC[C@@]5(C4)CN(C(=O)n4cnc(Cl)n4)[C@@H]5C(C)C)nc(OC[C@@]45CCCN4C[C@H](F)C5)nc3c2F)c1C(F)(F)F. The van der Waals surface area contributed by atoms with E-state index in [1.165, 1.54) is 12.5 Å². The van der Waals surface area contributed by atoms with Crippen molar-refractivity contribution in [2.75, 3.05) is 50.0 Å². The summed E-state index contributed by atoms with van der Waals surface area (Å²) in [7, 11) is 0. The number of hydrogen-bond donors (Lipinski definition) is 1. The Morgan fingerprint density at radius 2 is 1.88 bits per heavy atom. The highest BCUT2D eigenvalue weighted by molar-refractivity contribution is 6.28. The second kappa shape index (κ2) is 13.9. The monoisotopic (exact) mass is 806 g/mol. The van der Waals surface area contributed by atoms with Crippen LogP contribution in [0.25, 0.3) is 22.2 Å². The van der Waals surface area contributed by atoms with Crippen molar-refractivity contribution >= 4 is 40.0 Å². The quantitative estimate of drug-likeness (QED) is 0.160. The number of nitrogen functional groups attached to an aromatic ring is 1. The molecule has 19 heteroatoms. The van der Waals surface area contributed by atoms with Crippen LogP contribution in [-0.4, -0.2) is 103 Å². The summed E-state index contributed by atoms with van der Waals surface area (Å²) in [6.45, 7) is 7.21. The standard InChI is InChI=1S/C37H41ClF6N10O2/c1-19(2)30-35(16-53(30)34(55)54-18-47-32(38)50-54)7-4-5-9-51(15-35)31-23-13-46-28(22-11-24(45)26(40)20(3)25(22)37(42,43)44)27(41)29(23)48-33(49-31)56-17-36-8-6-10-52(36)14-21(39)12-36/h11,13,18-19,21,30H,4-10,12,14-17,45H2,1-3H3/t21-,30-,35-,36+/m1/s1. The molecule has 0 radical (unpaired) electrons. The fourth-order valence-corrected chi connectivity index (χ4v) is 10.00. The third-order valence-corrected chi connectivity index (χ3v) is 12.3. The molecule has 7 heterocycles. The first-order valence-corrected chi connectivity index (χ1v) is 19.1. The van der Waals surface area contributed by atoms with Gasteiger partial charge in [0.2, 0.25) is 5.28 Å². The maximum atomic E-state index is 16.9. The number of alkyl halides is 4. The number of rotatable bonds is 6. The number of pyridine rings is 1. The molecule has 2 N–H and O–H groups in total. The predicted octanol–water partition coefficient (Wildman–Crippen LogP) is 7.06. The summed E-state index contributed by atoms with van der Waals surface area (Å²) in [6, 6.07) is -0.111. The van der Waals surface area contributed by atoms with E-state index in [0.717, 1.165) is 36.9 Å². The summed E-state index contributed by atoms with van der Waals surface area (Å²) < 4.78 is 97.0. The molecule has 0 bridgehead atoms. The van der Waals surface area contributed by atoms with Crippen LogP contribution in [0.1, 0.15) is 63.5 Å². The van der Waals surface area contributed by atoms with Crippen LogP contribution >= 0.6 is 11.6 Å². The predicted molar refractivity (Wildman–Crippen MR) is 195 cm³/mol. The number of halogens is 7. The molecule has 1 spiro atoms. The van der Waals surface area contributed by atoms with Crippen molar-refractivity contribution in [2.24, 2.45) is 11.3 Å². The van der Waals surface area contributed by atoms with Crippen LogP contribution in [0.15, 0.2) is 18.6 Å². The zero-order chi connectivity index (χ0) is 39.9. The number of fused-ring (bicyclic) bond motifs is 2. The topological polar surface area (TPSA) is 131 Å². The van der Waals surface area contributed by atoms with Gasteiger partial charge in [-0.05, 0) is 68.3 Å².